The van der Waals surface area contributed by atoms with Gasteiger partial charge in [-0.25, -0.2) is 9.18 Å². The van der Waals surface area contributed by atoms with Gasteiger partial charge in [-0.1, -0.05) is 30.3 Å². The number of esters is 1. The first kappa shape index (κ1) is 17.9. The van der Waals surface area contributed by atoms with Crippen LogP contribution in [-0.4, -0.2) is 28.1 Å². The Morgan fingerprint density at radius 1 is 1.15 bits per heavy atom. The fourth-order valence-corrected chi connectivity index (χ4v) is 2.91. The van der Waals surface area contributed by atoms with Crippen LogP contribution in [0.5, 0.6) is 0 Å². The minimum absolute atomic E-state index is 0.0932. The highest BCUT2D eigenvalue weighted by Crippen LogP contribution is 2.20. The van der Waals surface area contributed by atoms with Gasteiger partial charge in [0.2, 0.25) is 5.89 Å². The maximum absolute atomic E-state index is 13.5. The van der Waals surface area contributed by atoms with Crippen molar-refractivity contribution >= 4 is 17.7 Å². The number of carbonyl (C=O) groups excluding carboxylic acids is 1. The molecule has 26 heavy (non-hydrogen) atoms. The van der Waals surface area contributed by atoms with Crippen LogP contribution in [0.1, 0.15) is 0 Å². The predicted octanol–water partition coefficient (Wildman–Crippen LogP) is 2.98. The van der Waals surface area contributed by atoms with Gasteiger partial charge in [0, 0.05) is 16.2 Å². The number of aromatic nitrogens is 2. The Bertz CT molecular complexity index is 940. The summed E-state index contributed by atoms with van der Waals surface area (Å²) in [5, 5.41) is 3.99. The van der Waals surface area contributed by atoms with Gasteiger partial charge >= 0.3 is 11.7 Å². The van der Waals surface area contributed by atoms with Crippen molar-refractivity contribution in [2.24, 2.45) is 0 Å². The van der Waals surface area contributed by atoms with Gasteiger partial charge in [0.1, 0.15) is 19.0 Å². The lowest BCUT2D eigenvalue weighted by atomic mass is 10.2. The highest BCUT2D eigenvalue weighted by molar-refractivity contribution is 7.99. The van der Waals surface area contributed by atoms with Crippen LogP contribution >= 0.6 is 11.8 Å². The van der Waals surface area contributed by atoms with E-state index in [4.69, 9.17) is 9.15 Å². The third kappa shape index (κ3) is 4.60. The summed E-state index contributed by atoms with van der Waals surface area (Å²) >= 11 is 1.24. The van der Waals surface area contributed by atoms with Crippen LogP contribution in [0.4, 0.5) is 4.39 Å². The van der Waals surface area contributed by atoms with E-state index in [9.17, 15) is 14.0 Å². The van der Waals surface area contributed by atoms with Gasteiger partial charge in [0.15, 0.2) is 0 Å². The number of benzene rings is 2. The maximum Gasteiger partial charge on any atom is 0.437 e. The number of ether oxygens (including phenoxy) is 1. The van der Waals surface area contributed by atoms with Crippen molar-refractivity contribution in [2.75, 3.05) is 12.4 Å². The monoisotopic (exact) mass is 374 g/mol. The van der Waals surface area contributed by atoms with E-state index in [1.165, 1.54) is 17.8 Å². The van der Waals surface area contributed by atoms with E-state index < -0.39 is 11.7 Å². The second kappa shape index (κ2) is 8.48. The van der Waals surface area contributed by atoms with Crippen molar-refractivity contribution in [3.63, 3.8) is 0 Å². The van der Waals surface area contributed by atoms with Gasteiger partial charge in [0.25, 0.3) is 0 Å². The summed E-state index contributed by atoms with van der Waals surface area (Å²) in [4.78, 5) is 24.1. The number of nitrogens with zero attached hydrogens (tertiary/aromatic N) is 2. The molecule has 0 saturated carbocycles. The molecule has 6 nitrogen and oxygen atoms in total. The molecule has 0 bridgehead atoms. The largest absolute Gasteiger partial charge is 0.463 e. The lowest BCUT2D eigenvalue weighted by Crippen LogP contribution is -2.23. The molecule has 3 rings (SSSR count). The zero-order valence-corrected chi connectivity index (χ0v) is 14.4. The average molecular weight is 374 g/mol. The average Bonchev–Trinajstić information content (AvgIpc) is 3.01. The molecular formula is C18H15FN2O4S. The predicted molar refractivity (Wildman–Crippen MR) is 94.3 cm³/mol. The molecule has 8 heteroatoms. The summed E-state index contributed by atoms with van der Waals surface area (Å²) in [6, 6.07) is 15.3. The van der Waals surface area contributed by atoms with Crippen LogP contribution in [0.3, 0.4) is 0 Å². The maximum atomic E-state index is 13.5. The lowest BCUT2D eigenvalue weighted by Gasteiger charge is -2.05. The van der Waals surface area contributed by atoms with Crippen molar-refractivity contribution in [2.45, 2.75) is 11.4 Å². The molecule has 2 aromatic carbocycles. The molecule has 1 heterocycles. The summed E-state index contributed by atoms with van der Waals surface area (Å²) in [6.45, 7) is -0.254. The second-order valence-electron chi connectivity index (χ2n) is 5.20. The molecular weight excluding hydrogens is 359 g/mol. The van der Waals surface area contributed by atoms with Gasteiger partial charge in [-0.15, -0.1) is 16.9 Å². The zero-order chi connectivity index (χ0) is 18.4. The number of thioether (sulfide) groups is 1. The fourth-order valence-electron chi connectivity index (χ4n) is 2.14. The number of hydrogen-bond acceptors (Lipinski definition) is 6. The SMILES string of the molecule is O=C(Cn1nc(-c2ccccc2)oc1=O)OCCSc1ccccc1F. The molecule has 0 radical (unpaired) electrons. The molecule has 0 N–H and O–H groups in total. The van der Waals surface area contributed by atoms with E-state index in [0.29, 0.717) is 16.2 Å². The third-order valence-corrected chi connectivity index (χ3v) is 4.36. The van der Waals surface area contributed by atoms with E-state index in [2.05, 4.69) is 5.10 Å². The highest BCUT2D eigenvalue weighted by Gasteiger charge is 2.14. The van der Waals surface area contributed by atoms with Crippen LogP contribution in [0, 0.1) is 5.82 Å². The molecule has 3 aromatic rings. The molecule has 0 atom stereocenters. The standard InChI is InChI=1S/C18H15FN2O4S/c19-14-8-4-5-9-15(14)26-11-10-24-16(22)12-21-18(23)25-17(20-21)13-6-2-1-3-7-13/h1-9H,10-12H2. The molecule has 0 saturated heterocycles. The topological polar surface area (TPSA) is 74.3 Å². The van der Waals surface area contributed by atoms with E-state index in [0.717, 1.165) is 4.68 Å². The number of halogens is 1. The fraction of sp³-hybridized carbons (Fsp3) is 0.167. The Kier molecular flexibility index (Phi) is 5.85. The Hall–Kier alpha value is -2.87. The van der Waals surface area contributed by atoms with Gasteiger partial charge in [-0.2, -0.15) is 4.68 Å². The molecule has 0 fully saturated rings. The zero-order valence-electron chi connectivity index (χ0n) is 13.6. The molecule has 0 aliphatic rings. The molecule has 0 spiro atoms. The van der Waals surface area contributed by atoms with Gasteiger partial charge in [-0.05, 0) is 24.3 Å². The Morgan fingerprint density at radius 2 is 1.88 bits per heavy atom. The molecule has 0 aliphatic carbocycles. The van der Waals surface area contributed by atoms with Gasteiger partial charge in [0.05, 0.1) is 0 Å². The first-order chi connectivity index (χ1) is 12.6. The Morgan fingerprint density at radius 3 is 2.65 bits per heavy atom. The molecule has 134 valence electrons. The summed E-state index contributed by atoms with van der Waals surface area (Å²) < 4.78 is 24.5. The molecule has 1 aromatic heterocycles. The van der Waals surface area contributed by atoms with Crippen LogP contribution in [0.2, 0.25) is 0 Å². The lowest BCUT2D eigenvalue weighted by molar-refractivity contribution is -0.144. The smallest absolute Gasteiger partial charge is 0.437 e. The Labute approximate surface area is 152 Å². The van der Waals surface area contributed by atoms with E-state index in [-0.39, 0.29) is 24.9 Å². The number of carbonyl (C=O) groups is 1. The summed E-state index contributed by atoms with van der Waals surface area (Å²) in [6.07, 6.45) is 0. The Balaban J connectivity index is 1.50. The third-order valence-electron chi connectivity index (χ3n) is 3.35. The van der Waals surface area contributed by atoms with Crippen LogP contribution in [0.15, 0.2) is 68.7 Å². The molecule has 0 amide bonds. The minimum atomic E-state index is -0.735. The number of rotatable bonds is 7. The van der Waals surface area contributed by atoms with Gasteiger partial charge < -0.3 is 9.15 Å². The normalized spacial score (nSPS) is 10.7. The van der Waals surface area contributed by atoms with E-state index in [1.807, 2.05) is 6.07 Å². The van der Waals surface area contributed by atoms with Crippen molar-refractivity contribution < 1.29 is 18.3 Å². The van der Waals surface area contributed by atoms with Crippen molar-refractivity contribution in [1.82, 2.24) is 9.78 Å². The second-order valence-corrected chi connectivity index (χ2v) is 6.33. The van der Waals surface area contributed by atoms with E-state index in [1.54, 1.807) is 42.5 Å². The van der Waals surface area contributed by atoms with Crippen molar-refractivity contribution in [3.05, 3.63) is 71.0 Å². The van der Waals surface area contributed by atoms with Crippen molar-refractivity contribution in [1.29, 1.82) is 0 Å². The quantitative estimate of drug-likeness (QED) is 0.360. The first-order valence-electron chi connectivity index (χ1n) is 7.80. The van der Waals surface area contributed by atoms with Crippen molar-refractivity contribution in [3.8, 4) is 11.5 Å². The van der Waals surface area contributed by atoms with Gasteiger partial charge in [-0.3, -0.25) is 4.79 Å². The van der Waals surface area contributed by atoms with Crippen LogP contribution in [-0.2, 0) is 16.1 Å². The van der Waals surface area contributed by atoms with E-state index >= 15 is 0 Å². The summed E-state index contributed by atoms with van der Waals surface area (Å²) in [5.41, 5.74) is 0.637. The minimum Gasteiger partial charge on any atom is -0.463 e. The summed E-state index contributed by atoms with van der Waals surface area (Å²) in [7, 11) is 0. The first-order valence-corrected chi connectivity index (χ1v) is 8.78. The van der Waals surface area contributed by atoms with Crippen LogP contribution < -0.4 is 5.76 Å². The highest BCUT2D eigenvalue weighted by atomic mass is 32.2. The molecule has 0 unspecified atom stereocenters. The number of hydrogen-bond donors (Lipinski definition) is 0. The molecule has 0 aliphatic heterocycles. The van der Waals surface area contributed by atoms with Crippen LogP contribution in [0.25, 0.3) is 11.5 Å². The summed E-state index contributed by atoms with van der Waals surface area (Å²) in [5.74, 6) is -1.13.